The molecule has 1 aliphatic rings. The smallest absolute Gasteiger partial charge is 0.262 e. The number of likely N-dealkylation sites (tertiary alicyclic amines) is 1. The SMILES string of the molecule is CCCCN1CCC(NC(=O)c2cccc(S(=O)(=O)Nc3cc(Cl)ccc3OC)c2)CC1. The summed E-state index contributed by atoms with van der Waals surface area (Å²) in [5, 5.41) is 3.42. The summed E-state index contributed by atoms with van der Waals surface area (Å²) in [7, 11) is -2.50. The van der Waals surface area contributed by atoms with E-state index in [4.69, 9.17) is 16.3 Å². The summed E-state index contributed by atoms with van der Waals surface area (Å²) in [4.78, 5) is 15.2. The number of ether oxygens (including phenoxy) is 1. The lowest BCUT2D eigenvalue weighted by Crippen LogP contribution is -2.44. The lowest BCUT2D eigenvalue weighted by Gasteiger charge is -2.32. The number of benzene rings is 2. The van der Waals surface area contributed by atoms with Crippen molar-refractivity contribution in [3.8, 4) is 5.75 Å². The molecule has 0 aliphatic carbocycles. The highest BCUT2D eigenvalue weighted by Gasteiger charge is 2.22. The number of carbonyl (C=O) groups excluding carboxylic acids is 1. The van der Waals surface area contributed by atoms with E-state index in [9.17, 15) is 13.2 Å². The van der Waals surface area contributed by atoms with Gasteiger partial charge in [-0.3, -0.25) is 9.52 Å². The van der Waals surface area contributed by atoms with Gasteiger partial charge in [-0.1, -0.05) is 31.0 Å². The normalized spacial score (nSPS) is 15.3. The van der Waals surface area contributed by atoms with Gasteiger partial charge in [0.1, 0.15) is 5.75 Å². The van der Waals surface area contributed by atoms with Gasteiger partial charge >= 0.3 is 0 Å². The van der Waals surface area contributed by atoms with E-state index in [-0.39, 0.29) is 22.5 Å². The molecule has 3 rings (SSSR count). The van der Waals surface area contributed by atoms with Crippen molar-refractivity contribution >= 4 is 33.2 Å². The molecule has 1 heterocycles. The first kappa shape index (κ1) is 24.4. The molecule has 0 radical (unpaired) electrons. The molecule has 32 heavy (non-hydrogen) atoms. The van der Waals surface area contributed by atoms with Gasteiger partial charge in [0.2, 0.25) is 0 Å². The number of nitrogens with zero attached hydrogens (tertiary/aromatic N) is 1. The molecule has 0 unspecified atom stereocenters. The van der Waals surface area contributed by atoms with E-state index in [1.165, 1.54) is 38.2 Å². The van der Waals surface area contributed by atoms with E-state index in [1.807, 2.05) is 0 Å². The number of amides is 1. The molecule has 1 amide bonds. The van der Waals surface area contributed by atoms with Gasteiger partial charge in [-0.15, -0.1) is 0 Å². The summed E-state index contributed by atoms with van der Waals surface area (Å²) in [6.07, 6.45) is 4.15. The Bertz CT molecular complexity index is 1040. The van der Waals surface area contributed by atoms with Crippen LogP contribution in [-0.2, 0) is 10.0 Å². The van der Waals surface area contributed by atoms with Crippen LogP contribution in [0.4, 0.5) is 5.69 Å². The molecule has 0 atom stereocenters. The number of methoxy groups -OCH3 is 1. The number of hydrogen-bond acceptors (Lipinski definition) is 5. The third kappa shape index (κ3) is 6.37. The summed E-state index contributed by atoms with van der Waals surface area (Å²) in [6.45, 7) is 5.21. The quantitative estimate of drug-likeness (QED) is 0.564. The van der Waals surface area contributed by atoms with Crippen LogP contribution in [0.25, 0.3) is 0 Å². The van der Waals surface area contributed by atoms with E-state index < -0.39 is 10.0 Å². The van der Waals surface area contributed by atoms with Gasteiger partial charge in [0, 0.05) is 29.7 Å². The van der Waals surface area contributed by atoms with Gasteiger partial charge in [-0.05, 0) is 62.2 Å². The van der Waals surface area contributed by atoms with Crippen molar-refractivity contribution in [2.45, 2.75) is 43.5 Å². The summed E-state index contributed by atoms with van der Waals surface area (Å²) < 4.78 is 33.5. The second-order valence-corrected chi connectivity index (χ2v) is 10.0. The van der Waals surface area contributed by atoms with Crippen LogP contribution in [0.2, 0.25) is 5.02 Å². The van der Waals surface area contributed by atoms with Crippen LogP contribution in [0.5, 0.6) is 5.75 Å². The fraction of sp³-hybridized carbons (Fsp3) is 0.435. The Labute approximate surface area is 195 Å². The number of hydrogen-bond donors (Lipinski definition) is 2. The first-order chi connectivity index (χ1) is 15.3. The summed E-state index contributed by atoms with van der Waals surface area (Å²) >= 11 is 6.00. The van der Waals surface area contributed by atoms with Crippen LogP contribution >= 0.6 is 11.6 Å². The van der Waals surface area contributed by atoms with Crippen LogP contribution in [0.3, 0.4) is 0 Å². The summed E-state index contributed by atoms with van der Waals surface area (Å²) in [6, 6.07) is 10.8. The zero-order valence-electron chi connectivity index (χ0n) is 18.4. The molecular formula is C23H30ClN3O4S. The summed E-state index contributed by atoms with van der Waals surface area (Å²) in [5.74, 6) is 0.0755. The molecule has 1 fully saturated rings. The van der Waals surface area contributed by atoms with Gasteiger partial charge in [-0.25, -0.2) is 8.42 Å². The Kier molecular flexibility index (Phi) is 8.39. The van der Waals surface area contributed by atoms with Gasteiger partial charge in [0.25, 0.3) is 15.9 Å². The Morgan fingerprint density at radius 2 is 1.94 bits per heavy atom. The second kappa shape index (κ2) is 11.0. The third-order valence-corrected chi connectivity index (χ3v) is 7.16. The first-order valence-electron chi connectivity index (χ1n) is 10.8. The highest BCUT2D eigenvalue weighted by Crippen LogP contribution is 2.30. The predicted octanol–water partition coefficient (Wildman–Crippen LogP) is 4.14. The number of halogens is 1. The van der Waals surface area contributed by atoms with Crippen molar-refractivity contribution in [1.29, 1.82) is 0 Å². The molecule has 0 spiro atoms. The number of anilines is 1. The number of unbranched alkanes of at least 4 members (excludes halogenated alkanes) is 1. The van der Waals surface area contributed by atoms with E-state index in [2.05, 4.69) is 21.9 Å². The van der Waals surface area contributed by atoms with Crippen LogP contribution in [-0.4, -0.2) is 52.0 Å². The van der Waals surface area contributed by atoms with E-state index in [0.29, 0.717) is 16.3 Å². The molecule has 9 heteroatoms. The Morgan fingerprint density at radius 1 is 1.19 bits per heavy atom. The van der Waals surface area contributed by atoms with Crippen molar-refractivity contribution in [3.05, 3.63) is 53.1 Å². The first-order valence-corrected chi connectivity index (χ1v) is 12.7. The van der Waals surface area contributed by atoms with Crippen LogP contribution in [0.1, 0.15) is 43.0 Å². The van der Waals surface area contributed by atoms with E-state index in [0.717, 1.165) is 32.5 Å². The number of sulfonamides is 1. The Morgan fingerprint density at radius 3 is 2.62 bits per heavy atom. The van der Waals surface area contributed by atoms with Crippen molar-refractivity contribution in [1.82, 2.24) is 10.2 Å². The van der Waals surface area contributed by atoms with Gasteiger partial charge in [0.05, 0.1) is 17.7 Å². The minimum absolute atomic E-state index is 0.0124. The molecular weight excluding hydrogens is 450 g/mol. The molecule has 174 valence electrons. The average molecular weight is 480 g/mol. The van der Waals surface area contributed by atoms with Gasteiger partial charge in [-0.2, -0.15) is 0 Å². The molecule has 1 saturated heterocycles. The lowest BCUT2D eigenvalue weighted by atomic mass is 10.0. The lowest BCUT2D eigenvalue weighted by molar-refractivity contribution is 0.0910. The highest BCUT2D eigenvalue weighted by molar-refractivity contribution is 7.92. The summed E-state index contributed by atoms with van der Waals surface area (Å²) in [5.41, 5.74) is 0.532. The number of carbonyl (C=O) groups is 1. The Balaban J connectivity index is 1.67. The van der Waals surface area contributed by atoms with Gasteiger partial charge in [0.15, 0.2) is 0 Å². The van der Waals surface area contributed by atoms with E-state index >= 15 is 0 Å². The molecule has 1 aliphatic heterocycles. The van der Waals surface area contributed by atoms with Crippen LogP contribution in [0.15, 0.2) is 47.4 Å². The largest absolute Gasteiger partial charge is 0.495 e. The highest BCUT2D eigenvalue weighted by atomic mass is 35.5. The zero-order valence-corrected chi connectivity index (χ0v) is 20.0. The standard InChI is InChI=1S/C23H30ClN3O4S/c1-3-4-12-27-13-10-19(11-14-27)25-23(28)17-6-5-7-20(15-17)32(29,30)26-21-16-18(24)8-9-22(21)31-2/h5-9,15-16,19,26H,3-4,10-14H2,1-2H3,(H,25,28). The van der Waals surface area contributed by atoms with Crippen molar-refractivity contribution in [2.24, 2.45) is 0 Å². The number of piperidine rings is 1. The van der Waals surface area contributed by atoms with Gasteiger partial charge < -0.3 is 15.0 Å². The number of nitrogens with one attached hydrogen (secondary N) is 2. The predicted molar refractivity (Wildman–Crippen MR) is 127 cm³/mol. The maximum absolute atomic E-state index is 12.9. The number of rotatable bonds is 9. The second-order valence-electron chi connectivity index (χ2n) is 7.92. The molecule has 7 nitrogen and oxygen atoms in total. The fourth-order valence-corrected chi connectivity index (χ4v) is 5.00. The zero-order chi connectivity index (χ0) is 23.1. The molecule has 0 aromatic heterocycles. The maximum atomic E-state index is 12.9. The van der Waals surface area contributed by atoms with Crippen molar-refractivity contribution in [2.75, 3.05) is 31.5 Å². The van der Waals surface area contributed by atoms with E-state index in [1.54, 1.807) is 24.3 Å². The molecule has 2 N–H and O–H groups in total. The van der Waals surface area contributed by atoms with Crippen molar-refractivity contribution < 1.29 is 17.9 Å². The molecule has 2 aromatic rings. The van der Waals surface area contributed by atoms with Crippen molar-refractivity contribution in [3.63, 3.8) is 0 Å². The minimum atomic E-state index is -3.94. The fourth-order valence-electron chi connectivity index (χ4n) is 3.72. The average Bonchev–Trinajstić information content (AvgIpc) is 2.78. The molecule has 0 saturated carbocycles. The molecule has 0 bridgehead atoms. The third-order valence-electron chi connectivity index (χ3n) is 5.56. The van der Waals surface area contributed by atoms with Crippen LogP contribution < -0.4 is 14.8 Å². The van der Waals surface area contributed by atoms with Crippen LogP contribution in [0, 0.1) is 0 Å². The minimum Gasteiger partial charge on any atom is -0.495 e. The maximum Gasteiger partial charge on any atom is 0.262 e. The topological polar surface area (TPSA) is 87.7 Å². The Hall–Kier alpha value is -2.29. The monoisotopic (exact) mass is 479 g/mol. The molecule has 2 aromatic carbocycles.